The van der Waals surface area contributed by atoms with E-state index in [0.29, 0.717) is 0 Å². The zero-order valence-corrected chi connectivity index (χ0v) is 13.5. The van der Waals surface area contributed by atoms with E-state index in [4.69, 9.17) is 0 Å². The lowest BCUT2D eigenvalue weighted by Gasteiger charge is -2.10. The molecule has 0 saturated heterocycles. The van der Waals surface area contributed by atoms with Gasteiger partial charge in [-0.2, -0.15) is 5.10 Å². The molecule has 3 heteroatoms. The van der Waals surface area contributed by atoms with E-state index in [2.05, 4.69) is 66.5 Å². The molecule has 0 saturated carbocycles. The number of hydrogen-bond acceptors (Lipinski definition) is 2. The molecule has 0 fully saturated rings. The quantitative estimate of drug-likeness (QED) is 0.801. The fraction of sp³-hybridized carbons (Fsp3) is 0.200. The van der Waals surface area contributed by atoms with Crippen LogP contribution < -0.4 is 5.56 Å². The first kappa shape index (κ1) is 15.2. The molecule has 0 unspecified atom stereocenters. The summed E-state index contributed by atoms with van der Waals surface area (Å²) in [5, 5.41) is 6.57. The van der Waals surface area contributed by atoms with Gasteiger partial charge >= 0.3 is 0 Å². The Morgan fingerprint density at radius 1 is 0.913 bits per heavy atom. The first-order chi connectivity index (χ1) is 11.1. The van der Waals surface area contributed by atoms with E-state index in [1.807, 2.05) is 0 Å². The highest BCUT2D eigenvalue weighted by Gasteiger charge is 2.04. The van der Waals surface area contributed by atoms with E-state index in [1.54, 1.807) is 6.07 Å². The van der Waals surface area contributed by atoms with Crippen molar-refractivity contribution in [3.05, 3.63) is 98.5 Å². The summed E-state index contributed by atoms with van der Waals surface area (Å²) < 4.78 is 0. The van der Waals surface area contributed by atoms with Crippen LogP contribution in [0.15, 0.2) is 59.4 Å². The maximum absolute atomic E-state index is 11.1. The fourth-order valence-corrected chi connectivity index (χ4v) is 2.75. The van der Waals surface area contributed by atoms with Gasteiger partial charge < -0.3 is 0 Å². The minimum Gasteiger partial charge on any atom is -0.268 e. The standard InChI is InChI=1S/C20H20N2O/c1-14-4-3-5-16(10-14)11-18-12-17(7-6-15(18)2)13-19-8-9-20(23)22-21-19/h3-10,12H,11,13H2,1-2H3,(H,22,23). The summed E-state index contributed by atoms with van der Waals surface area (Å²) in [6, 6.07) is 18.4. The van der Waals surface area contributed by atoms with E-state index in [1.165, 1.54) is 33.9 Å². The van der Waals surface area contributed by atoms with E-state index < -0.39 is 0 Å². The Balaban J connectivity index is 1.84. The van der Waals surface area contributed by atoms with Gasteiger partial charge in [0, 0.05) is 12.5 Å². The lowest BCUT2D eigenvalue weighted by Crippen LogP contribution is -2.07. The van der Waals surface area contributed by atoms with Crippen LogP contribution in [0.3, 0.4) is 0 Å². The molecule has 0 atom stereocenters. The van der Waals surface area contributed by atoms with Crippen molar-refractivity contribution in [2.24, 2.45) is 0 Å². The van der Waals surface area contributed by atoms with Crippen LogP contribution in [0.4, 0.5) is 0 Å². The van der Waals surface area contributed by atoms with Crippen molar-refractivity contribution in [1.29, 1.82) is 0 Å². The van der Waals surface area contributed by atoms with Gasteiger partial charge in [0.1, 0.15) is 0 Å². The van der Waals surface area contributed by atoms with Gasteiger partial charge in [-0.05, 0) is 48.6 Å². The SMILES string of the molecule is Cc1cccc(Cc2cc(Cc3ccc(=O)[nH]n3)ccc2C)c1. The van der Waals surface area contributed by atoms with Crippen molar-refractivity contribution >= 4 is 0 Å². The lowest BCUT2D eigenvalue weighted by atomic mass is 9.96. The summed E-state index contributed by atoms with van der Waals surface area (Å²) in [6.07, 6.45) is 1.65. The Bertz CT molecular complexity index is 860. The largest absolute Gasteiger partial charge is 0.268 e. The van der Waals surface area contributed by atoms with Gasteiger partial charge in [-0.1, -0.05) is 48.0 Å². The third-order valence-electron chi connectivity index (χ3n) is 4.01. The van der Waals surface area contributed by atoms with Crippen molar-refractivity contribution in [2.45, 2.75) is 26.7 Å². The molecule has 23 heavy (non-hydrogen) atoms. The van der Waals surface area contributed by atoms with Gasteiger partial charge in [0.2, 0.25) is 0 Å². The zero-order chi connectivity index (χ0) is 16.2. The second-order valence-electron chi connectivity index (χ2n) is 6.02. The van der Waals surface area contributed by atoms with Crippen molar-refractivity contribution in [3.8, 4) is 0 Å². The number of aromatic nitrogens is 2. The highest BCUT2D eigenvalue weighted by molar-refractivity contribution is 5.37. The second kappa shape index (κ2) is 6.61. The molecule has 3 rings (SSSR count). The Morgan fingerprint density at radius 3 is 2.48 bits per heavy atom. The molecule has 3 nitrogen and oxygen atoms in total. The molecule has 0 radical (unpaired) electrons. The summed E-state index contributed by atoms with van der Waals surface area (Å²) in [4.78, 5) is 11.1. The maximum atomic E-state index is 11.1. The molecule has 0 aliphatic rings. The molecule has 1 heterocycles. The highest BCUT2D eigenvalue weighted by atomic mass is 16.1. The minimum atomic E-state index is -0.169. The molecule has 1 aromatic heterocycles. The van der Waals surface area contributed by atoms with E-state index >= 15 is 0 Å². The molecule has 3 aromatic rings. The van der Waals surface area contributed by atoms with E-state index in [-0.39, 0.29) is 5.56 Å². The molecule has 0 bridgehead atoms. The molecule has 0 aliphatic carbocycles. The Hall–Kier alpha value is -2.68. The van der Waals surface area contributed by atoms with Crippen LogP contribution in [0, 0.1) is 13.8 Å². The van der Waals surface area contributed by atoms with Crippen molar-refractivity contribution < 1.29 is 0 Å². The van der Waals surface area contributed by atoms with Crippen LogP contribution in [0.1, 0.15) is 33.5 Å². The number of nitrogens with zero attached hydrogens (tertiary/aromatic N) is 1. The van der Waals surface area contributed by atoms with Gasteiger partial charge in [0.05, 0.1) is 5.69 Å². The Labute approximate surface area is 136 Å². The number of nitrogens with one attached hydrogen (secondary N) is 1. The molecule has 116 valence electrons. The predicted molar refractivity (Wildman–Crippen MR) is 92.8 cm³/mol. The average Bonchev–Trinajstić information content (AvgIpc) is 2.53. The fourth-order valence-electron chi connectivity index (χ4n) is 2.75. The van der Waals surface area contributed by atoms with Crippen molar-refractivity contribution in [1.82, 2.24) is 10.2 Å². The second-order valence-corrected chi connectivity index (χ2v) is 6.02. The van der Waals surface area contributed by atoms with Gasteiger partial charge in [-0.25, -0.2) is 5.10 Å². The van der Waals surface area contributed by atoms with Crippen LogP contribution in [-0.2, 0) is 12.8 Å². The third kappa shape index (κ3) is 3.95. The topological polar surface area (TPSA) is 45.8 Å². The Morgan fingerprint density at radius 2 is 1.74 bits per heavy atom. The summed E-state index contributed by atoms with van der Waals surface area (Å²) in [7, 11) is 0. The summed E-state index contributed by atoms with van der Waals surface area (Å²) in [6.45, 7) is 4.27. The lowest BCUT2D eigenvalue weighted by molar-refractivity contribution is 0.909. The summed E-state index contributed by atoms with van der Waals surface area (Å²) in [5.41, 5.74) is 7.15. The smallest absolute Gasteiger partial charge is 0.264 e. The minimum absolute atomic E-state index is 0.169. The van der Waals surface area contributed by atoms with Crippen LogP contribution in [0.5, 0.6) is 0 Å². The van der Waals surface area contributed by atoms with E-state index in [0.717, 1.165) is 18.5 Å². The molecule has 0 aliphatic heterocycles. The Kier molecular flexibility index (Phi) is 4.38. The molecular formula is C20H20N2O. The number of benzene rings is 2. The number of aryl methyl sites for hydroxylation is 2. The molecule has 2 aromatic carbocycles. The van der Waals surface area contributed by atoms with E-state index in [9.17, 15) is 4.79 Å². The average molecular weight is 304 g/mol. The maximum Gasteiger partial charge on any atom is 0.264 e. The first-order valence-corrected chi connectivity index (χ1v) is 7.79. The first-order valence-electron chi connectivity index (χ1n) is 7.79. The third-order valence-corrected chi connectivity index (χ3v) is 4.01. The number of rotatable bonds is 4. The predicted octanol–water partition coefficient (Wildman–Crippen LogP) is 3.57. The zero-order valence-electron chi connectivity index (χ0n) is 13.5. The van der Waals surface area contributed by atoms with Crippen molar-refractivity contribution in [3.63, 3.8) is 0 Å². The van der Waals surface area contributed by atoms with Gasteiger partial charge in [-0.15, -0.1) is 0 Å². The number of hydrogen-bond donors (Lipinski definition) is 1. The molecule has 1 N–H and O–H groups in total. The van der Waals surface area contributed by atoms with Gasteiger partial charge in [0.15, 0.2) is 0 Å². The van der Waals surface area contributed by atoms with Crippen LogP contribution in [0.25, 0.3) is 0 Å². The molecule has 0 spiro atoms. The molecular weight excluding hydrogens is 284 g/mol. The number of aromatic amines is 1. The summed E-state index contributed by atoms with van der Waals surface area (Å²) >= 11 is 0. The van der Waals surface area contributed by atoms with Crippen LogP contribution in [0.2, 0.25) is 0 Å². The molecule has 0 amide bonds. The van der Waals surface area contributed by atoms with Crippen molar-refractivity contribution in [2.75, 3.05) is 0 Å². The highest BCUT2D eigenvalue weighted by Crippen LogP contribution is 2.18. The van der Waals surface area contributed by atoms with Gasteiger partial charge in [0.25, 0.3) is 5.56 Å². The summed E-state index contributed by atoms with van der Waals surface area (Å²) in [5.74, 6) is 0. The number of H-pyrrole nitrogens is 1. The normalized spacial score (nSPS) is 10.7. The van der Waals surface area contributed by atoms with Gasteiger partial charge in [-0.3, -0.25) is 4.79 Å². The monoisotopic (exact) mass is 304 g/mol. The van der Waals surface area contributed by atoms with Crippen LogP contribution in [-0.4, -0.2) is 10.2 Å². The van der Waals surface area contributed by atoms with Crippen LogP contribution >= 0.6 is 0 Å².